The Morgan fingerprint density at radius 1 is 0.615 bits per heavy atom. The van der Waals surface area contributed by atoms with Crippen molar-refractivity contribution in [2.75, 3.05) is 0 Å². The fourth-order valence-electron chi connectivity index (χ4n) is 3.54. The highest BCUT2D eigenvalue weighted by molar-refractivity contribution is 6.24. The number of allylic oxidation sites excluding steroid dienone is 2. The van der Waals surface area contributed by atoms with E-state index in [1.165, 1.54) is 6.08 Å². The van der Waals surface area contributed by atoms with E-state index in [0.717, 1.165) is 11.1 Å². The summed E-state index contributed by atoms with van der Waals surface area (Å²) in [7, 11) is 0. The molecule has 0 fully saturated rings. The van der Waals surface area contributed by atoms with Gasteiger partial charge in [0.1, 0.15) is 0 Å². The third-order valence-corrected chi connectivity index (χ3v) is 4.86. The summed E-state index contributed by atoms with van der Waals surface area (Å²) >= 11 is 0. The Morgan fingerprint density at radius 3 is 1.69 bits per heavy atom. The minimum absolute atomic E-state index is 0.0330. The third kappa shape index (κ3) is 3.02. The van der Waals surface area contributed by atoms with Gasteiger partial charge in [-0.05, 0) is 23.6 Å². The minimum atomic E-state index is -0.0879. The van der Waals surface area contributed by atoms with E-state index < -0.39 is 0 Å². The molecule has 26 heavy (non-hydrogen) atoms. The molecule has 0 unspecified atom stereocenters. The maximum atomic E-state index is 12.9. The second-order valence-electron chi connectivity index (χ2n) is 6.49. The monoisotopic (exact) mass is 338 g/mol. The van der Waals surface area contributed by atoms with E-state index in [1.807, 2.05) is 36.4 Å². The van der Waals surface area contributed by atoms with Crippen LogP contribution in [0, 0.1) is 0 Å². The van der Waals surface area contributed by atoms with Crippen LogP contribution in [0.15, 0.2) is 96.6 Å². The van der Waals surface area contributed by atoms with E-state index in [1.54, 1.807) is 24.3 Å². The van der Waals surface area contributed by atoms with E-state index in [2.05, 4.69) is 24.3 Å². The number of ketones is 2. The second-order valence-corrected chi connectivity index (χ2v) is 6.49. The minimum Gasteiger partial charge on any atom is -0.289 e. The predicted octanol–water partition coefficient (Wildman–Crippen LogP) is 5.21. The zero-order chi connectivity index (χ0) is 17.9. The van der Waals surface area contributed by atoms with Crippen molar-refractivity contribution in [3.05, 3.63) is 119 Å². The highest BCUT2D eigenvalue weighted by atomic mass is 16.1. The number of benzene rings is 3. The first kappa shape index (κ1) is 16.2. The maximum Gasteiger partial charge on any atom is 0.189 e. The van der Waals surface area contributed by atoms with Crippen LogP contribution in [-0.4, -0.2) is 11.6 Å². The number of hydrogen-bond acceptors (Lipinski definition) is 2. The molecule has 0 radical (unpaired) electrons. The summed E-state index contributed by atoms with van der Waals surface area (Å²) in [6.45, 7) is 0. The molecule has 0 saturated carbocycles. The SMILES string of the molecule is O=C1C=C(CC(c2ccccc2)c2ccccc2)C(=O)c2ccccc21. The Kier molecular flexibility index (Phi) is 4.32. The normalized spacial score (nSPS) is 13.5. The van der Waals surface area contributed by atoms with Crippen LogP contribution in [-0.2, 0) is 0 Å². The van der Waals surface area contributed by atoms with Crippen LogP contribution in [0.1, 0.15) is 44.2 Å². The molecular formula is C24H18O2. The smallest absolute Gasteiger partial charge is 0.189 e. The number of fused-ring (bicyclic) bond motifs is 1. The van der Waals surface area contributed by atoms with Crippen molar-refractivity contribution >= 4 is 11.6 Å². The van der Waals surface area contributed by atoms with Crippen molar-refractivity contribution in [1.29, 1.82) is 0 Å². The summed E-state index contributed by atoms with van der Waals surface area (Å²) in [4.78, 5) is 25.4. The molecule has 0 spiro atoms. The average molecular weight is 338 g/mol. The maximum absolute atomic E-state index is 12.9. The number of hydrogen-bond donors (Lipinski definition) is 0. The van der Waals surface area contributed by atoms with E-state index in [0.29, 0.717) is 23.1 Å². The summed E-state index contributed by atoms with van der Waals surface area (Å²) in [5, 5.41) is 0. The Bertz CT molecular complexity index is 945. The van der Waals surface area contributed by atoms with Gasteiger partial charge in [0.2, 0.25) is 0 Å². The lowest BCUT2D eigenvalue weighted by Crippen LogP contribution is -2.18. The summed E-state index contributed by atoms with van der Waals surface area (Å²) in [6, 6.07) is 27.3. The molecule has 4 rings (SSSR count). The molecule has 2 nitrogen and oxygen atoms in total. The summed E-state index contributed by atoms with van der Waals surface area (Å²) in [5.41, 5.74) is 3.86. The van der Waals surface area contributed by atoms with E-state index in [9.17, 15) is 9.59 Å². The van der Waals surface area contributed by atoms with Gasteiger partial charge >= 0.3 is 0 Å². The largest absolute Gasteiger partial charge is 0.289 e. The summed E-state index contributed by atoms with van der Waals surface area (Å²) in [6.07, 6.45) is 2.02. The topological polar surface area (TPSA) is 34.1 Å². The highest BCUT2D eigenvalue weighted by Gasteiger charge is 2.27. The van der Waals surface area contributed by atoms with Crippen molar-refractivity contribution in [3.63, 3.8) is 0 Å². The first-order chi connectivity index (χ1) is 12.7. The van der Waals surface area contributed by atoms with Gasteiger partial charge < -0.3 is 0 Å². The van der Waals surface area contributed by atoms with E-state index in [4.69, 9.17) is 0 Å². The van der Waals surface area contributed by atoms with Crippen LogP contribution in [0.2, 0.25) is 0 Å². The Hall–Kier alpha value is -3.26. The van der Waals surface area contributed by atoms with E-state index in [-0.39, 0.29) is 17.5 Å². The predicted molar refractivity (Wildman–Crippen MR) is 103 cm³/mol. The van der Waals surface area contributed by atoms with Crippen LogP contribution >= 0.6 is 0 Å². The van der Waals surface area contributed by atoms with Gasteiger partial charge in [-0.1, -0.05) is 84.9 Å². The van der Waals surface area contributed by atoms with Gasteiger partial charge in [-0.15, -0.1) is 0 Å². The van der Waals surface area contributed by atoms with Crippen LogP contribution in [0.25, 0.3) is 0 Å². The van der Waals surface area contributed by atoms with Crippen LogP contribution in [0.5, 0.6) is 0 Å². The molecular weight excluding hydrogens is 320 g/mol. The molecule has 0 saturated heterocycles. The molecule has 3 aromatic carbocycles. The molecule has 0 heterocycles. The first-order valence-corrected chi connectivity index (χ1v) is 8.72. The zero-order valence-electron chi connectivity index (χ0n) is 14.3. The molecule has 0 N–H and O–H groups in total. The summed E-state index contributed by atoms with van der Waals surface area (Å²) in [5.74, 6) is -0.0993. The van der Waals surface area contributed by atoms with Gasteiger partial charge in [-0.2, -0.15) is 0 Å². The number of carbonyl (C=O) groups is 2. The quantitative estimate of drug-likeness (QED) is 0.654. The molecule has 126 valence electrons. The van der Waals surface area contributed by atoms with Crippen LogP contribution in [0.3, 0.4) is 0 Å². The zero-order valence-corrected chi connectivity index (χ0v) is 14.3. The number of carbonyl (C=O) groups excluding carboxylic acids is 2. The lowest BCUT2D eigenvalue weighted by atomic mass is 9.80. The van der Waals surface area contributed by atoms with Crippen molar-refractivity contribution in [2.24, 2.45) is 0 Å². The summed E-state index contributed by atoms with van der Waals surface area (Å²) < 4.78 is 0. The van der Waals surface area contributed by atoms with Crippen LogP contribution < -0.4 is 0 Å². The Labute approximate surface area is 152 Å². The first-order valence-electron chi connectivity index (χ1n) is 8.72. The van der Waals surface area contributed by atoms with Gasteiger partial charge in [0, 0.05) is 22.6 Å². The van der Waals surface area contributed by atoms with Crippen molar-refractivity contribution in [1.82, 2.24) is 0 Å². The molecule has 0 aliphatic heterocycles. The fraction of sp³-hybridized carbons (Fsp3) is 0.0833. The lowest BCUT2D eigenvalue weighted by molar-refractivity contribution is 0.0981. The number of Topliss-reactive ketones (excluding diaryl/α,β-unsaturated/α-hetero) is 1. The molecule has 0 atom stereocenters. The molecule has 3 aromatic rings. The van der Waals surface area contributed by atoms with E-state index >= 15 is 0 Å². The van der Waals surface area contributed by atoms with Gasteiger partial charge in [0.15, 0.2) is 11.6 Å². The standard InChI is InChI=1S/C24H18O2/c25-23-16-19(24(26)21-14-8-7-13-20(21)23)15-22(17-9-3-1-4-10-17)18-11-5-2-6-12-18/h1-14,16,22H,15H2. The molecule has 1 aliphatic carbocycles. The average Bonchev–Trinajstić information content (AvgIpc) is 2.71. The van der Waals surface area contributed by atoms with Gasteiger partial charge in [0.05, 0.1) is 0 Å². The fourth-order valence-corrected chi connectivity index (χ4v) is 3.54. The number of rotatable bonds is 4. The molecule has 0 bridgehead atoms. The molecule has 1 aliphatic rings. The van der Waals surface area contributed by atoms with Crippen LogP contribution in [0.4, 0.5) is 0 Å². The van der Waals surface area contributed by atoms with Crippen molar-refractivity contribution in [2.45, 2.75) is 12.3 Å². The molecule has 0 aromatic heterocycles. The highest BCUT2D eigenvalue weighted by Crippen LogP contribution is 2.34. The Morgan fingerprint density at radius 2 is 1.12 bits per heavy atom. The Balaban J connectivity index is 1.73. The van der Waals surface area contributed by atoms with Crippen molar-refractivity contribution < 1.29 is 9.59 Å². The van der Waals surface area contributed by atoms with Gasteiger partial charge in [0.25, 0.3) is 0 Å². The van der Waals surface area contributed by atoms with Gasteiger partial charge in [-0.25, -0.2) is 0 Å². The molecule has 0 amide bonds. The lowest BCUT2D eigenvalue weighted by Gasteiger charge is -2.22. The second kappa shape index (κ2) is 6.93. The van der Waals surface area contributed by atoms with Gasteiger partial charge in [-0.3, -0.25) is 9.59 Å². The molecule has 2 heteroatoms. The third-order valence-electron chi connectivity index (χ3n) is 4.86. The van der Waals surface area contributed by atoms with Crippen molar-refractivity contribution in [3.8, 4) is 0 Å².